The van der Waals surface area contributed by atoms with Gasteiger partial charge in [0.2, 0.25) is 0 Å². The van der Waals surface area contributed by atoms with Crippen LogP contribution in [0.4, 0.5) is 0 Å². The number of benzene rings is 9. The van der Waals surface area contributed by atoms with Crippen molar-refractivity contribution in [2.45, 2.75) is 0 Å². The van der Waals surface area contributed by atoms with Crippen LogP contribution in [-0.2, 0) is 0 Å². The normalized spacial score (nSPS) is 11.8. The molecule has 0 radical (unpaired) electrons. The van der Waals surface area contributed by atoms with Gasteiger partial charge in [-0.2, -0.15) is 0 Å². The van der Waals surface area contributed by atoms with Gasteiger partial charge >= 0.3 is 0 Å². The molecule has 0 N–H and O–H groups in total. The number of furan rings is 1. The summed E-state index contributed by atoms with van der Waals surface area (Å²) in [6.07, 6.45) is 0. The van der Waals surface area contributed by atoms with Crippen LogP contribution in [0.15, 0.2) is 180 Å². The Labute approximate surface area is 304 Å². The first kappa shape index (κ1) is 29.5. The number of hydrogen-bond donors (Lipinski definition) is 0. The molecule has 0 amide bonds. The second-order valence-electron chi connectivity index (χ2n) is 13.5. The Kier molecular flexibility index (Phi) is 6.52. The van der Waals surface area contributed by atoms with Crippen LogP contribution in [-0.4, -0.2) is 15.0 Å². The van der Waals surface area contributed by atoms with Gasteiger partial charge in [-0.25, -0.2) is 15.0 Å². The smallest absolute Gasteiger partial charge is 0.164 e. The van der Waals surface area contributed by atoms with Crippen LogP contribution in [0.3, 0.4) is 0 Å². The third-order valence-electron chi connectivity index (χ3n) is 10.5. The minimum absolute atomic E-state index is 0.602. The summed E-state index contributed by atoms with van der Waals surface area (Å²) in [7, 11) is 0. The lowest BCUT2D eigenvalue weighted by atomic mass is 9.90. The number of rotatable bonds is 4. The zero-order chi connectivity index (χ0) is 34.9. The van der Waals surface area contributed by atoms with Crippen molar-refractivity contribution in [3.63, 3.8) is 0 Å². The molecule has 9 aromatic carbocycles. The molecule has 4 nitrogen and oxygen atoms in total. The predicted octanol–water partition coefficient (Wildman–Crippen LogP) is 13.1. The molecule has 0 fully saturated rings. The summed E-state index contributed by atoms with van der Waals surface area (Å²) in [4.78, 5) is 15.1. The number of aromatic nitrogens is 3. The average molecular weight is 676 g/mol. The molecule has 0 saturated heterocycles. The van der Waals surface area contributed by atoms with E-state index in [0.717, 1.165) is 60.5 Å². The van der Waals surface area contributed by atoms with E-state index >= 15 is 0 Å². The van der Waals surface area contributed by atoms with E-state index in [1.54, 1.807) is 0 Å². The van der Waals surface area contributed by atoms with E-state index in [-0.39, 0.29) is 0 Å². The highest BCUT2D eigenvalue weighted by molar-refractivity contribution is 6.27. The molecule has 0 aliphatic heterocycles. The van der Waals surface area contributed by atoms with Gasteiger partial charge in [0.25, 0.3) is 0 Å². The van der Waals surface area contributed by atoms with Crippen LogP contribution in [0.2, 0.25) is 0 Å². The van der Waals surface area contributed by atoms with Crippen LogP contribution in [0.1, 0.15) is 0 Å². The maximum Gasteiger partial charge on any atom is 0.164 e. The van der Waals surface area contributed by atoms with Gasteiger partial charge in [-0.1, -0.05) is 158 Å². The molecule has 2 heterocycles. The summed E-state index contributed by atoms with van der Waals surface area (Å²) in [6, 6.07) is 61.5. The standard InChI is InChI=1S/C49H29N3O/c1-3-14-30(15-4-1)47-50-48(31-16-5-2-6-17-31)52-49(51-47)40-24-13-25-43-45(40)42-28-32-18-7-8-19-34(32)44(46(42)53-43)33-26-27-39-37-22-10-9-20-35(37)36-21-11-12-23-38(36)41(39)29-33/h1-29H. The van der Waals surface area contributed by atoms with Gasteiger partial charge in [0.15, 0.2) is 17.5 Å². The zero-order valence-corrected chi connectivity index (χ0v) is 28.5. The van der Waals surface area contributed by atoms with Gasteiger partial charge in [0, 0.05) is 33.0 Å². The number of fused-ring (bicyclic) bond motifs is 10. The van der Waals surface area contributed by atoms with Crippen molar-refractivity contribution in [1.82, 2.24) is 15.0 Å². The Morgan fingerprint density at radius 3 is 1.51 bits per heavy atom. The third kappa shape index (κ3) is 4.66. The van der Waals surface area contributed by atoms with Gasteiger partial charge in [-0.15, -0.1) is 0 Å². The molecule has 0 aliphatic carbocycles. The van der Waals surface area contributed by atoms with E-state index < -0.39 is 0 Å². The first-order chi connectivity index (χ1) is 26.3. The summed E-state index contributed by atoms with van der Waals surface area (Å²) < 4.78 is 6.94. The van der Waals surface area contributed by atoms with E-state index in [2.05, 4.69) is 103 Å². The predicted molar refractivity (Wildman–Crippen MR) is 219 cm³/mol. The van der Waals surface area contributed by atoms with Crippen molar-refractivity contribution in [2.75, 3.05) is 0 Å². The fourth-order valence-corrected chi connectivity index (χ4v) is 8.09. The maximum absolute atomic E-state index is 6.94. The summed E-state index contributed by atoms with van der Waals surface area (Å²) in [6.45, 7) is 0. The number of nitrogens with zero attached hydrogens (tertiary/aromatic N) is 3. The molecular weight excluding hydrogens is 647 g/mol. The minimum atomic E-state index is 0.602. The Morgan fingerprint density at radius 2 is 0.868 bits per heavy atom. The Morgan fingerprint density at radius 1 is 0.340 bits per heavy atom. The second-order valence-corrected chi connectivity index (χ2v) is 13.5. The van der Waals surface area contributed by atoms with Crippen molar-refractivity contribution >= 4 is 65.0 Å². The molecule has 0 atom stereocenters. The number of hydrogen-bond acceptors (Lipinski definition) is 4. The highest BCUT2D eigenvalue weighted by Crippen LogP contribution is 2.45. The average Bonchev–Trinajstić information content (AvgIpc) is 3.61. The lowest BCUT2D eigenvalue weighted by Gasteiger charge is -2.13. The van der Waals surface area contributed by atoms with Crippen molar-refractivity contribution in [3.8, 4) is 45.3 Å². The highest BCUT2D eigenvalue weighted by Gasteiger charge is 2.22. The molecule has 0 bridgehead atoms. The summed E-state index contributed by atoms with van der Waals surface area (Å²) in [5.41, 5.74) is 6.58. The van der Waals surface area contributed by atoms with Crippen LogP contribution >= 0.6 is 0 Å². The Hall–Kier alpha value is -7.17. The first-order valence-corrected chi connectivity index (χ1v) is 17.9. The van der Waals surface area contributed by atoms with Gasteiger partial charge in [-0.05, 0) is 66.9 Å². The summed E-state index contributed by atoms with van der Waals surface area (Å²) >= 11 is 0. The molecule has 0 spiro atoms. The molecule has 53 heavy (non-hydrogen) atoms. The lowest BCUT2D eigenvalue weighted by molar-refractivity contribution is 0.670. The van der Waals surface area contributed by atoms with Gasteiger partial charge in [-0.3, -0.25) is 0 Å². The van der Waals surface area contributed by atoms with Crippen molar-refractivity contribution < 1.29 is 4.42 Å². The van der Waals surface area contributed by atoms with Gasteiger partial charge < -0.3 is 4.42 Å². The maximum atomic E-state index is 6.94. The molecule has 0 saturated carbocycles. The second kappa shape index (κ2) is 11.7. The molecule has 246 valence electrons. The zero-order valence-electron chi connectivity index (χ0n) is 28.5. The fraction of sp³-hybridized carbons (Fsp3) is 0. The SMILES string of the molecule is c1ccc(-c2nc(-c3ccccc3)nc(-c3cccc4oc5c(-c6ccc7c8ccccc8c8ccccc8c7c6)c6ccccc6cc5c34)n2)cc1. The molecule has 11 rings (SSSR count). The van der Waals surface area contributed by atoms with Crippen molar-refractivity contribution in [1.29, 1.82) is 0 Å². The monoisotopic (exact) mass is 675 g/mol. The highest BCUT2D eigenvalue weighted by atomic mass is 16.3. The summed E-state index contributed by atoms with van der Waals surface area (Å²) in [5.74, 6) is 1.85. The third-order valence-corrected chi connectivity index (χ3v) is 10.5. The largest absolute Gasteiger partial charge is 0.455 e. The molecular formula is C49H29N3O. The molecule has 4 heteroatoms. The Bertz CT molecular complexity index is 3130. The lowest BCUT2D eigenvalue weighted by Crippen LogP contribution is -2.00. The quantitative estimate of drug-likeness (QED) is 0.174. The van der Waals surface area contributed by atoms with Crippen LogP contribution in [0.25, 0.3) is 110 Å². The molecule has 0 aliphatic rings. The fourth-order valence-electron chi connectivity index (χ4n) is 8.09. The molecule has 11 aromatic rings. The van der Waals surface area contributed by atoms with Crippen LogP contribution in [0.5, 0.6) is 0 Å². The van der Waals surface area contributed by atoms with E-state index in [0.29, 0.717) is 17.5 Å². The minimum Gasteiger partial charge on any atom is -0.455 e. The van der Waals surface area contributed by atoms with E-state index in [9.17, 15) is 0 Å². The van der Waals surface area contributed by atoms with Crippen LogP contribution < -0.4 is 0 Å². The molecule has 2 aromatic heterocycles. The van der Waals surface area contributed by atoms with Crippen molar-refractivity contribution in [2.24, 2.45) is 0 Å². The molecule has 0 unspecified atom stereocenters. The van der Waals surface area contributed by atoms with E-state index in [1.165, 1.54) is 32.3 Å². The van der Waals surface area contributed by atoms with Gasteiger partial charge in [0.05, 0.1) is 0 Å². The van der Waals surface area contributed by atoms with Crippen molar-refractivity contribution in [3.05, 3.63) is 176 Å². The van der Waals surface area contributed by atoms with Gasteiger partial charge in [0.1, 0.15) is 11.2 Å². The van der Waals surface area contributed by atoms with E-state index in [1.807, 2.05) is 72.8 Å². The van der Waals surface area contributed by atoms with E-state index in [4.69, 9.17) is 19.4 Å². The Balaban J connectivity index is 1.21. The van der Waals surface area contributed by atoms with Crippen LogP contribution in [0, 0.1) is 0 Å². The summed E-state index contributed by atoms with van der Waals surface area (Å²) in [5, 5.41) is 11.8. The first-order valence-electron chi connectivity index (χ1n) is 17.9. The topological polar surface area (TPSA) is 51.8 Å².